The molecule has 0 aliphatic heterocycles. The number of nitrogens with one attached hydrogen (secondary N) is 1. The molecule has 0 heterocycles. The molecular weight excluding hydrogens is 292 g/mol. The molecule has 0 aromatic heterocycles. The number of nitro groups is 1. The quantitative estimate of drug-likeness (QED) is 0.618. The maximum atomic E-state index is 11.3. The molecule has 114 valence electrons. The molecule has 1 aromatic carbocycles. The molecule has 1 aromatic rings. The Balaban J connectivity index is 2.33. The second kappa shape index (κ2) is 6.80. The van der Waals surface area contributed by atoms with Gasteiger partial charge in [-0.15, -0.1) is 0 Å². The summed E-state index contributed by atoms with van der Waals surface area (Å²) in [5.74, 6) is -0.176. The summed E-state index contributed by atoms with van der Waals surface area (Å²) in [6.07, 6.45) is 3.01. The zero-order valence-corrected chi connectivity index (χ0v) is 12.6. The van der Waals surface area contributed by atoms with Gasteiger partial charge in [0, 0.05) is 17.4 Å². The lowest BCUT2D eigenvalue weighted by Crippen LogP contribution is -2.27. The van der Waals surface area contributed by atoms with Crippen LogP contribution in [0.4, 0.5) is 11.4 Å². The van der Waals surface area contributed by atoms with Crippen molar-refractivity contribution in [2.75, 3.05) is 11.1 Å². The molecule has 1 saturated carbocycles. The van der Waals surface area contributed by atoms with Crippen LogP contribution in [0, 0.1) is 10.1 Å². The van der Waals surface area contributed by atoms with Crippen molar-refractivity contribution in [1.29, 1.82) is 0 Å². The Bertz CT molecular complexity index is 518. The van der Waals surface area contributed by atoms with Crippen molar-refractivity contribution in [3.05, 3.63) is 33.9 Å². The van der Waals surface area contributed by atoms with Gasteiger partial charge in [0.05, 0.1) is 10.5 Å². The number of nitrogens with zero attached hydrogens (tertiary/aromatic N) is 1. The predicted molar refractivity (Wildman–Crippen MR) is 83.2 cm³/mol. The first-order valence-electron chi connectivity index (χ1n) is 6.93. The molecule has 2 rings (SSSR count). The number of nitro benzene ring substituents is 1. The summed E-state index contributed by atoms with van der Waals surface area (Å²) in [7, 11) is 0. The maximum absolute atomic E-state index is 11.3. The number of para-hydroxylation sites is 1. The number of anilines is 1. The van der Waals surface area contributed by atoms with E-state index in [9.17, 15) is 20.0 Å². The first-order valence-corrected chi connectivity index (χ1v) is 7.98. The molecule has 1 aliphatic rings. The van der Waals surface area contributed by atoms with E-state index >= 15 is 0 Å². The van der Waals surface area contributed by atoms with Crippen LogP contribution in [0.15, 0.2) is 18.2 Å². The fraction of sp³-hybridized carbons (Fsp3) is 0.500. The highest BCUT2D eigenvalue weighted by atomic mass is 32.2. The number of hydrogen-bond acceptors (Lipinski definition) is 5. The summed E-state index contributed by atoms with van der Waals surface area (Å²) in [5.41, 5.74) is -0.0954. The Labute approximate surface area is 127 Å². The van der Waals surface area contributed by atoms with E-state index in [1.54, 1.807) is 0 Å². The number of carboxylic acids is 1. The predicted octanol–water partition coefficient (Wildman–Crippen LogP) is 3.38. The normalized spacial score (nSPS) is 21.2. The average Bonchev–Trinajstić information content (AvgIpc) is 2.86. The lowest BCUT2D eigenvalue weighted by Gasteiger charge is -2.22. The van der Waals surface area contributed by atoms with Crippen LogP contribution in [0.25, 0.3) is 0 Å². The molecule has 21 heavy (non-hydrogen) atoms. The summed E-state index contributed by atoms with van der Waals surface area (Å²) in [5, 5.41) is 23.9. The smallest absolute Gasteiger partial charge is 0.338 e. The van der Waals surface area contributed by atoms with Gasteiger partial charge in [-0.25, -0.2) is 4.79 Å². The van der Waals surface area contributed by atoms with Gasteiger partial charge in [-0.3, -0.25) is 10.1 Å². The highest BCUT2D eigenvalue weighted by molar-refractivity contribution is 7.99. The van der Waals surface area contributed by atoms with Gasteiger partial charge in [0.25, 0.3) is 5.69 Å². The SMILES string of the molecule is CCSC1CCCC1Nc1c(C(=O)O)cccc1[N+](=O)[O-]. The molecule has 2 unspecified atom stereocenters. The first-order chi connectivity index (χ1) is 10.0. The Kier molecular flexibility index (Phi) is 5.06. The summed E-state index contributed by atoms with van der Waals surface area (Å²) in [6, 6.07) is 4.22. The minimum atomic E-state index is -1.15. The minimum absolute atomic E-state index is 0.0450. The van der Waals surface area contributed by atoms with Gasteiger partial charge in [0.2, 0.25) is 0 Å². The molecule has 1 aliphatic carbocycles. The molecule has 0 amide bonds. The molecule has 7 heteroatoms. The number of aromatic carboxylic acids is 1. The van der Waals surface area contributed by atoms with Crippen molar-refractivity contribution in [3.63, 3.8) is 0 Å². The topological polar surface area (TPSA) is 92.5 Å². The van der Waals surface area contributed by atoms with Gasteiger partial charge in [0.15, 0.2) is 0 Å². The number of carbonyl (C=O) groups is 1. The Hall–Kier alpha value is -1.76. The largest absolute Gasteiger partial charge is 0.478 e. The van der Waals surface area contributed by atoms with Crippen LogP contribution in [0.5, 0.6) is 0 Å². The number of thioether (sulfide) groups is 1. The molecule has 0 bridgehead atoms. The fourth-order valence-electron chi connectivity index (χ4n) is 2.71. The van der Waals surface area contributed by atoms with Gasteiger partial charge in [0.1, 0.15) is 5.69 Å². The molecular formula is C14H18N2O4S. The van der Waals surface area contributed by atoms with Gasteiger partial charge in [-0.1, -0.05) is 19.4 Å². The maximum Gasteiger partial charge on any atom is 0.338 e. The first kappa shape index (κ1) is 15.6. The van der Waals surface area contributed by atoms with E-state index in [-0.39, 0.29) is 23.0 Å². The number of rotatable bonds is 6. The van der Waals surface area contributed by atoms with Crippen molar-refractivity contribution in [1.82, 2.24) is 0 Å². The monoisotopic (exact) mass is 310 g/mol. The van der Waals surface area contributed by atoms with Crippen LogP contribution in [0.3, 0.4) is 0 Å². The van der Waals surface area contributed by atoms with E-state index in [4.69, 9.17) is 0 Å². The standard InChI is InChI=1S/C14H18N2O4S/c1-2-21-12-8-4-6-10(12)15-13-9(14(17)18)5-3-7-11(13)16(19)20/h3,5,7,10,12,15H,2,4,6,8H2,1H3,(H,17,18). The minimum Gasteiger partial charge on any atom is -0.478 e. The van der Waals surface area contributed by atoms with Gasteiger partial charge >= 0.3 is 5.97 Å². The van der Waals surface area contributed by atoms with Crippen molar-refractivity contribution >= 4 is 29.1 Å². The van der Waals surface area contributed by atoms with E-state index in [1.807, 2.05) is 11.8 Å². The van der Waals surface area contributed by atoms with Crippen LogP contribution in [-0.4, -0.2) is 33.0 Å². The van der Waals surface area contributed by atoms with Crippen LogP contribution in [0.2, 0.25) is 0 Å². The average molecular weight is 310 g/mol. The molecule has 0 spiro atoms. The second-order valence-corrected chi connectivity index (χ2v) is 6.45. The summed E-state index contributed by atoms with van der Waals surface area (Å²) >= 11 is 1.81. The summed E-state index contributed by atoms with van der Waals surface area (Å²) < 4.78 is 0. The summed E-state index contributed by atoms with van der Waals surface area (Å²) in [6.45, 7) is 2.08. The molecule has 0 radical (unpaired) electrons. The van der Waals surface area contributed by atoms with Gasteiger partial charge in [-0.05, 0) is 24.7 Å². The Morgan fingerprint density at radius 3 is 2.90 bits per heavy atom. The number of hydrogen-bond donors (Lipinski definition) is 2. The van der Waals surface area contributed by atoms with E-state index < -0.39 is 10.9 Å². The second-order valence-electron chi connectivity index (χ2n) is 4.94. The highest BCUT2D eigenvalue weighted by Crippen LogP contribution is 2.36. The lowest BCUT2D eigenvalue weighted by atomic mass is 10.1. The third kappa shape index (κ3) is 3.47. The molecule has 6 nitrogen and oxygen atoms in total. The van der Waals surface area contributed by atoms with Crippen LogP contribution in [0.1, 0.15) is 36.5 Å². The number of benzene rings is 1. The van der Waals surface area contributed by atoms with Crippen LogP contribution in [-0.2, 0) is 0 Å². The fourth-order valence-corrected chi connectivity index (χ4v) is 3.91. The van der Waals surface area contributed by atoms with Crippen molar-refractivity contribution < 1.29 is 14.8 Å². The lowest BCUT2D eigenvalue weighted by molar-refractivity contribution is -0.384. The Morgan fingerprint density at radius 1 is 1.52 bits per heavy atom. The Morgan fingerprint density at radius 2 is 2.29 bits per heavy atom. The summed E-state index contributed by atoms with van der Waals surface area (Å²) in [4.78, 5) is 21.9. The zero-order valence-electron chi connectivity index (χ0n) is 11.7. The van der Waals surface area contributed by atoms with E-state index in [2.05, 4.69) is 12.2 Å². The molecule has 2 N–H and O–H groups in total. The molecule has 2 atom stereocenters. The van der Waals surface area contributed by atoms with E-state index in [0.29, 0.717) is 5.25 Å². The third-order valence-corrected chi connectivity index (χ3v) is 4.96. The molecule has 0 saturated heterocycles. The zero-order chi connectivity index (χ0) is 15.4. The van der Waals surface area contributed by atoms with Crippen molar-refractivity contribution in [2.24, 2.45) is 0 Å². The van der Waals surface area contributed by atoms with Crippen LogP contribution >= 0.6 is 11.8 Å². The van der Waals surface area contributed by atoms with Crippen molar-refractivity contribution in [3.8, 4) is 0 Å². The van der Waals surface area contributed by atoms with Gasteiger partial charge in [-0.2, -0.15) is 11.8 Å². The number of carboxylic acid groups (broad SMARTS) is 1. The van der Waals surface area contributed by atoms with Crippen LogP contribution < -0.4 is 5.32 Å². The third-order valence-electron chi connectivity index (χ3n) is 3.63. The van der Waals surface area contributed by atoms with E-state index in [0.717, 1.165) is 25.0 Å². The highest BCUT2D eigenvalue weighted by Gasteiger charge is 2.31. The van der Waals surface area contributed by atoms with E-state index in [1.165, 1.54) is 18.2 Å². The van der Waals surface area contributed by atoms with Gasteiger partial charge < -0.3 is 10.4 Å². The molecule has 1 fully saturated rings. The van der Waals surface area contributed by atoms with Crippen molar-refractivity contribution in [2.45, 2.75) is 37.5 Å².